The highest BCUT2D eigenvalue weighted by Crippen LogP contribution is 2.36. The van der Waals surface area contributed by atoms with E-state index in [0.717, 1.165) is 64.7 Å². The number of halogens is 2. The van der Waals surface area contributed by atoms with Gasteiger partial charge in [-0.05, 0) is 106 Å². The Morgan fingerprint density at radius 1 is 0.850 bits per heavy atom. The summed E-state index contributed by atoms with van der Waals surface area (Å²) in [4.78, 5) is 64.4. The lowest BCUT2D eigenvalue weighted by atomic mass is 9.80. The first-order valence-electron chi connectivity index (χ1n) is 21.3. The number of carbonyl (C=O) groups is 3. The number of aromatic nitrogens is 3. The van der Waals surface area contributed by atoms with Crippen molar-refractivity contribution in [3.63, 3.8) is 0 Å². The summed E-state index contributed by atoms with van der Waals surface area (Å²) in [5, 5.41) is 5.38. The van der Waals surface area contributed by atoms with Gasteiger partial charge in [-0.25, -0.2) is 18.7 Å². The van der Waals surface area contributed by atoms with Crippen molar-refractivity contribution in [1.82, 2.24) is 24.8 Å². The predicted octanol–water partition coefficient (Wildman–Crippen LogP) is 5.27. The number of nitrogens with two attached hydrogens (primary N) is 1. The second-order valence-corrected chi connectivity index (χ2v) is 16.9. The largest absolute Gasteiger partial charge is 0.374 e. The maximum atomic E-state index is 15.5. The van der Waals surface area contributed by atoms with Crippen molar-refractivity contribution in [2.75, 3.05) is 54.4 Å². The average Bonchev–Trinajstić information content (AvgIpc) is 3.25. The zero-order valence-corrected chi connectivity index (χ0v) is 33.8. The smallest absolute Gasteiger partial charge is 0.255 e. The van der Waals surface area contributed by atoms with Gasteiger partial charge in [0.1, 0.15) is 17.6 Å². The maximum absolute atomic E-state index is 15.5. The number of hydrogen-bond donors (Lipinski definition) is 3. The van der Waals surface area contributed by atoms with Crippen molar-refractivity contribution in [1.29, 1.82) is 0 Å². The van der Waals surface area contributed by atoms with Gasteiger partial charge in [-0.1, -0.05) is 18.2 Å². The molecule has 4 heterocycles. The SMILES string of the molecule is NC(=O)C1CCC(N(CC2CCC(CN3CCN(c4ccc(N[C@H]5CCC(=O)NC5=O)cc4F)CC3)CC2)c2ncc(F)c(-c3cccc(-n4ccccc4=O)c3)n2)CC1. The third-order valence-corrected chi connectivity index (χ3v) is 12.9. The van der Waals surface area contributed by atoms with E-state index in [9.17, 15) is 19.2 Å². The van der Waals surface area contributed by atoms with Crippen LogP contribution in [0.15, 0.2) is 77.9 Å². The van der Waals surface area contributed by atoms with Gasteiger partial charge in [-0.2, -0.15) is 0 Å². The lowest BCUT2D eigenvalue weighted by Gasteiger charge is -2.41. The zero-order valence-electron chi connectivity index (χ0n) is 33.8. The van der Waals surface area contributed by atoms with Gasteiger partial charge in [0.05, 0.1) is 11.9 Å². The van der Waals surface area contributed by atoms with Crippen LogP contribution in [0.5, 0.6) is 0 Å². The minimum absolute atomic E-state index is 0.0878. The van der Waals surface area contributed by atoms with Crippen LogP contribution in [0.4, 0.5) is 26.1 Å². The second-order valence-electron chi connectivity index (χ2n) is 16.9. The summed E-state index contributed by atoms with van der Waals surface area (Å²) >= 11 is 0. The van der Waals surface area contributed by atoms with Crippen LogP contribution < -0.4 is 31.7 Å². The van der Waals surface area contributed by atoms with E-state index in [1.165, 1.54) is 22.9 Å². The predicted molar refractivity (Wildman–Crippen MR) is 226 cm³/mol. The molecule has 13 nitrogen and oxygen atoms in total. The van der Waals surface area contributed by atoms with Crippen LogP contribution in [-0.4, -0.2) is 88.5 Å². The van der Waals surface area contributed by atoms with E-state index in [1.807, 2.05) is 0 Å². The molecule has 2 aliphatic carbocycles. The molecular weight excluding hydrogens is 769 g/mol. The molecule has 8 rings (SSSR count). The number of carbonyl (C=O) groups excluding carboxylic acids is 3. The summed E-state index contributed by atoms with van der Waals surface area (Å²) in [5.41, 5.74) is 7.89. The summed E-state index contributed by atoms with van der Waals surface area (Å²) in [7, 11) is 0. The van der Waals surface area contributed by atoms with Crippen molar-refractivity contribution in [2.24, 2.45) is 23.5 Å². The fourth-order valence-electron chi connectivity index (χ4n) is 9.51. The molecule has 2 aromatic heterocycles. The molecule has 4 fully saturated rings. The molecule has 1 atom stereocenters. The van der Waals surface area contributed by atoms with Crippen LogP contribution in [-0.2, 0) is 14.4 Å². The van der Waals surface area contributed by atoms with Crippen molar-refractivity contribution in [3.05, 3.63) is 95.0 Å². The van der Waals surface area contributed by atoms with Crippen LogP contribution in [0.25, 0.3) is 16.9 Å². The van der Waals surface area contributed by atoms with Gasteiger partial charge in [-0.15, -0.1) is 0 Å². The zero-order chi connectivity index (χ0) is 41.8. The minimum atomic E-state index is -0.567. The first-order chi connectivity index (χ1) is 29.1. The molecule has 4 N–H and O–H groups in total. The highest BCUT2D eigenvalue weighted by Gasteiger charge is 2.34. The minimum Gasteiger partial charge on any atom is -0.374 e. The summed E-state index contributed by atoms with van der Waals surface area (Å²) in [5.74, 6) is -0.559. The Hall–Kier alpha value is -5.70. The van der Waals surface area contributed by atoms with Gasteiger partial charge in [0.2, 0.25) is 23.7 Å². The number of amides is 3. The topological polar surface area (TPSA) is 159 Å². The van der Waals surface area contributed by atoms with E-state index < -0.39 is 11.9 Å². The Bertz CT molecular complexity index is 2250. The highest BCUT2D eigenvalue weighted by molar-refractivity contribution is 6.01. The first kappa shape index (κ1) is 41.1. The van der Waals surface area contributed by atoms with E-state index in [-0.39, 0.29) is 53.2 Å². The van der Waals surface area contributed by atoms with Crippen molar-refractivity contribution in [3.8, 4) is 16.9 Å². The Balaban J connectivity index is 0.881. The van der Waals surface area contributed by atoms with Crippen LogP contribution in [0.3, 0.4) is 0 Å². The van der Waals surface area contributed by atoms with E-state index >= 15 is 8.78 Å². The number of piperazine rings is 1. The standard InChI is InChI=1S/C45H53F2N9O4/c46-36-25-33(50-38-16-18-40(57)51-44(38)60)13-17-39(36)54-22-20-53(21-23-54)27-29-7-9-30(10-8-29)28-56(34-14-11-31(12-15-34)43(48)59)45-49-26-37(47)42(52-45)32-4-3-5-35(24-32)55-19-2-1-6-41(55)58/h1-6,13,17,19,24-26,29-31,34,38,50H,7-12,14-16,18,20-23,27-28H2,(H2,48,59)(H,51,57,60)/t29?,30?,31?,34?,38-/m0/s1. The molecule has 3 amide bonds. The number of benzene rings is 2. The molecule has 0 radical (unpaired) electrons. The van der Waals surface area contributed by atoms with Crippen molar-refractivity contribution >= 4 is 35.0 Å². The molecule has 15 heteroatoms. The third kappa shape index (κ3) is 9.51. The number of pyridine rings is 1. The molecular formula is C45H53F2N9O4. The number of piperidine rings is 1. The molecule has 316 valence electrons. The van der Waals surface area contributed by atoms with Crippen molar-refractivity contribution in [2.45, 2.75) is 76.3 Å². The molecule has 4 aliphatic rings. The molecule has 2 saturated heterocycles. The van der Waals surface area contributed by atoms with Gasteiger partial charge >= 0.3 is 0 Å². The number of imide groups is 1. The van der Waals surface area contributed by atoms with E-state index in [4.69, 9.17) is 10.7 Å². The van der Waals surface area contributed by atoms with Crippen LogP contribution in [0.1, 0.15) is 64.2 Å². The summed E-state index contributed by atoms with van der Waals surface area (Å²) < 4.78 is 32.4. The van der Waals surface area contributed by atoms with Crippen LogP contribution >= 0.6 is 0 Å². The van der Waals surface area contributed by atoms with Crippen molar-refractivity contribution < 1.29 is 23.2 Å². The number of nitrogens with zero attached hydrogens (tertiary/aromatic N) is 6. The quantitative estimate of drug-likeness (QED) is 0.161. The lowest BCUT2D eigenvalue weighted by Crippen LogP contribution is -2.48. The van der Waals surface area contributed by atoms with E-state index in [2.05, 4.69) is 30.3 Å². The highest BCUT2D eigenvalue weighted by atomic mass is 19.1. The Morgan fingerprint density at radius 2 is 1.62 bits per heavy atom. The lowest BCUT2D eigenvalue weighted by molar-refractivity contribution is -0.133. The molecule has 2 aromatic carbocycles. The monoisotopic (exact) mass is 821 g/mol. The summed E-state index contributed by atoms with van der Waals surface area (Å²) in [6, 6.07) is 16.6. The van der Waals surface area contributed by atoms with Gasteiger partial charge in [0.15, 0.2) is 5.82 Å². The number of primary amides is 1. The fourth-order valence-corrected chi connectivity index (χ4v) is 9.51. The van der Waals surface area contributed by atoms with Gasteiger partial charge in [0, 0.05) is 86.9 Å². The molecule has 2 saturated carbocycles. The second kappa shape index (κ2) is 18.3. The summed E-state index contributed by atoms with van der Waals surface area (Å²) in [6.07, 6.45) is 10.7. The molecule has 60 heavy (non-hydrogen) atoms. The summed E-state index contributed by atoms with van der Waals surface area (Å²) in [6.45, 7) is 4.84. The van der Waals surface area contributed by atoms with E-state index in [0.29, 0.717) is 72.8 Å². The van der Waals surface area contributed by atoms with E-state index in [1.54, 1.807) is 54.7 Å². The number of nitrogens with one attached hydrogen (secondary N) is 2. The molecule has 0 unspecified atom stereocenters. The number of anilines is 3. The third-order valence-electron chi connectivity index (χ3n) is 12.9. The Kier molecular flexibility index (Phi) is 12.5. The first-order valence-corrected chi connectivity index (χ1v) is 21.3. The van der Waals surface area contributed by atoms with Crippen LogP contribution in [0.2, 0.25) is 0 Å². The maximum Gasteiger partial charge on any atom is 0.255 e. The Labute approximate surface area is 348 Å². The Morgan fingerprint density at radius 3 is 2.33 bits per heavy atom. The number of rotatable bonds is 12. The molecule has 2 aliphatic heterocycles. The molecule has 0 bridgehead atoms. The van der Waals surface area contributed by atoms with Gasteiger partial charge < -0.3 is 20.9 Å². The fraction of sp³-hybridized carbons (Fsp3) is 0.467. The average molecular weight is 822 g/mol. The molecule has 0 spiro atoms. The van der Waals surface area contributed by atoms with Gasteiger partial charge in [-0.3, -0.25) is 34.0 Å². The molecule has 4 aromatic rings. The van der Waals surface area contributed by atoms with Crippen LogP contribution in [0, 0.1) is 29.4 Å². The normalized spacial score (nSPS) is 23.8. The number of hydrogen-bond acceptors (Lipinski definition) is 10. The van der Waals surface area contributed by atoms with Gasteiger partial charge in [0.25, 0.3) is 5.56 Å².